The van der Waals surface area contributed by atoms with Gasteiger partial charge in [-0.25, -0.2) is 9.18 Å². The van der Waals surface area contributed by atoms with Crippen molar-refractivity contribution in [3.63, 3.8) is 0 Å². The maximum atomic E-state index is 12.5. The van der Waals surface area contributed by atoms with Crippen molar-refractivity contribution in [2.45, 2.75) is 44.2 Å². The average molecular weight is 532 g/mol. The predicted molar refractivity (Wildman–Crippen MR) is 151 cm³/mol. The van der Waals surface area contributed by atoms with Gasteiger partial charge in [0.05, 0.1) is 5.54 Å². The smallest absolute Gasteiger partial charge is 0.407 e. The molecule has 0 bridgehead atoms. The summed E-state index contributed by atoms with van der Waals surface area (Å²) in [4.78, 5) is 26.0. The molecule has 0 radical (unpaired) electrons. The second kappa shape index (κ2) is 12.9. The Morgan fingerprint density at radius 3 is 2.13 bits per heavy atom. The largest absolute Gasteiger partial charge is 0.465 e. The summed E-state index contributed by atoms with van der Waals surface area (Å²) in [7, 11) is 1.46. The number of benzene rings is 3. The predicted octanol–water partition coefficient (Wildman–Crippen LogP) is 5.85. The van der Waals surface area contributed by atoms with Crippen LogP contribution in [0, 0.1) is 11.7 Å². The first kappa shape index (κ1) is 28.3. The normalized spacial score (nSPS) is 19.8. The summed E-state index contributed by atoms with van der Waals surface area (Å²) in [5, 5.41) is 11.8. The van der Waals surface area contributed by atoms with E-state index in [1.807, 2.05) is 6.07 Å². The molecule has 0 aromatic heterocycles. The standard InChI is InChI=1S/C23H28N2O.C9H10FNO2/c1-18(26)24-23(21-10-6-3-7-11-21)12-14-25(15-13-23)17-20-16-22(20)19-8-4-2-5-9-19;1-11(9(12)13)6-7-2-4-8(10)5-3-7/h2-11,20,22H,12-17H2,1H3,(H,24,26);2-5H,6H2,1H3,(H,12,13)/t20-,22+;/m0./s1. The zero-order valence-corrected chi connectivity index (χ0v) is 22.7. The summed E-state index contributed by atoms with van der Waals surface area (Å²) < 4.78 is 12.5. The van der Waals surface area contributed by atoms with Gasteiger partial charge in [-0.15, -0.1) is 0 Å². The summed E-state index contributed by atoms with van der Waals surface area (Å²) in [5.41, 5.74) is 3.30. The fourth-order valence-electron chi connectivity index (χ4n) is 5.52. The highest BCUT2D eigenvalue weighted by atomic mass is 19.1. The number of carbonyl (C=O) groups is 2. The van der Waals surface area contributed by atoms with Crippen molar-refractivity contribution in [3.05, 3.63) is 107 Å². The van der Waals surface area contributed by atoms with Crippen molar-refractivity contribution in [3.8, 4) is 0 Å². The Morgan fingerprint density at radius 1 is 0.974 bits per heavy atom. The van der Waals surface area contributed by atoms with Gasteiger partial charge in [0.2, 0.25) is 5.91 Å². The monoisotopic (exact) mass is 531 g/mol. The Bertz CT molecular complexity index is 1210. The highest BCUT2D eigenvalue weighted by Gasteiger charge is 2.42. The lowest BCUT2D eigenvalue weighted by molar-refractivity contribution is -0.121. The zero-order chi connectivity index (χ0) is 27.8. The number of amides is 2. The summed E-state index contributed by atoms with van der Waals surface area (Å²) in [6.45, 7) is 5.19. The molecular weight excluding hydrogens is 493 g/mol. The average Bonchev–Trinajstić information content (AvgIpc) is 3.71. The van der Waals surface area contributed by atoms with Gasteiger partial charge in [-0.1, -0.05) is 72.8 Å². The van der Waals surface area contributed by atoms with Crippen molar-refractivity contribution in [1.29, 1.82) is 0 Å². The van der Waals surface area contributed by atoms with E-state index in [-0.39, 0.29) is 23.8 Å². The molecular formula is C32H38FN3O3. The van der Waals surface area contributed by atoms with Gasteiger partial charge in [0.25, 0.3) is 0 Å². The van der Waals surface area contributed by atoms with E-state index >= 15 is 0 Å². The number of hydrogen-bond donors (Lipinski definition) is 2. The van der Waals surface area contributed by atoms with Crippen LogP contribution in [0.1, 0.15) is 48.8 Å². The number of piperidine rings is 1. The number of nitrogens with one attached hydrogen (secondary N) is 1. The molecule has 2 fully saturated rings. The molecule has 2 N–H and O–H groups in total. The molecule has 3 aromatic carbocycles. The quantitative estimate of drug-likeness (QED) is 0.401. The minimum atomic E-state index is -0.996. The molecule has 2 amide bonds. The van der Waals surface area contributed by atoms with Gasteiger partial charge in [0, 0.05) is 40.2 Å². The Kier molecular flexibility index (Phi) is 9.36. The zero-order valence-electron chi connectivity index (χ0n) is 22.7. The van der Waals surface area contributed by atoms with Gasteiger partial charge >= 0.3 is 6.09 Å². The maximum Gasteiger partial charge on any atom is 0.407 e. The third-order valence-electron chi connectivity index (χ3n) is 7.75. The second-order valence-electron chi connectivity index (χ2n) is 10.7. The highest BCUT2D eigenvalue weighted by molar-refractivity contribution is 5.74. The summed E-state index contributed by atoms with van der Waals surface area (Å²) in [6, 6.07) is 27.1. The molecule has 0 spiro atoms. The van der Waals surface area contributed by atoms with Crippen LogP contribution in [0.3, 0.4) is 0 Å². The van der Waals surface area contributed by atoms with Crippen molar-refractivity contribution in [2.75, 3.05) is 26.7 Å². The number of halogens is 1. The van der Waals surface area contributed by atoms with Crippen LogP contribution in [0.4, 0.5) is 9.18 Å². The number of hydrogen-bond acceptors (Lipinski definition) is 3. The van der Waals surface area contributed by atoms with Gasteiger partial charge in [0.15, 0.2) is 0 Å². The van der Waals surface area contributed by atoms with Crippen molar-refractivity contribution in [2.24, 2.45) is 5.92 Å². The topological polar surface area (TPSA) is 72.9 Å². The number of carboxylic acid groups (broad SMARTS) is 1. The molecule has 1 aliphatic carbocycles. The van der Waals surface area contributed by atoms with Gasteiger partial charge < -0.3 is 20.2 Å². The van der Waals surface area contributed by atoms with E-state index in [1.165, 1.54) is 43.3 Å². The second-order valence-corrected chi connectivity index (χ2v) is 10.7. The Morgan fingerprint density at radius 2 is 1.56 bits per heavy atom. The first-order valence-corrected chi connectivity index (χ1v) is 13.6. The number of carbonyl (C=O) groups excluding carboxylic acids is 1. The first-order valence-electron chi connectivity index (χ1n) is 13.6. The third-order valence-corrected chi connectivity index (χ3v) is 7.75. The summed E-state index contributed by atoms with van der Waals surface area (Å²) >= 11 is 0. The van der Waals surface area contributed by atoms with Crippen LogP contribution in [-0.4, -0.2) is 53.6 Å². The highest BCUT2D eigenvalue weighted by Crippen LogP contribution is 2.48. The molecule has 6 nitrogen and oxygen atoms in total. The summed E-state index contributed by atoms with van der Waals surface area (Å²) in [5.74, 6) is 1.28. The van der Waals surface area contributed by atoms with Gasteiger partial charge in [-0.2, -0.15) is 0 Å². The van der Waals surface area contributed by atoms with E-state index in [4.69, 9.17) is 5.11 Å². The van der Waals surface area contributed by atoms with Crippen LogP contribution >= 0.6 is 0 Å². The minimum Gasteiger partial charge on any atom is -0.465 e. The Labute approximate surface area is 230 Å². The molecule has 7 heteroatoms. The van der Waals surface area contributed by atoms with Gasteiger partial charge in [-0.05, 0) is 59.9 Å². The fourth-order valence-corrected chi connectivity index (χ4v) is 5.52. The minimum absolute atomic E-state index is 0.0636. The van der Waals surface area contributed by atoms with Crippen molar-refractivity contribution in [1.82, 2.24) is 15.1 Å². The van der Waals surface area contributed by atoms with E-state index in [0.29, 0.717) is 0 Å². The van der Waals surface area contributed by atoms with E-state index < -0.39 is 6.09 Å². The lowest BCUT2D eigenvalue weighted by atomic mass is 9.80. The number of likely N-dealkylation sites (tertiary alicyclic amines) is 1. The first-order chi connectivity index (χ1) is 18.8. The van der Waals surface area contributed by atoms with Gasteiger partial charge in [-0.3, -0.25) is 4.79 Å². The molecule has 1 saturated heterocycles. The molecule has 1 aliphatic heterocycles. The van der Waals surface area contributed by atoms with Crippen LogP contribution in [-0.2, 0) is 16.9 Å². The van der Waals surface area contributed by atoms with Crippen LogP contribution in [0.2, 0.25) is 0 Å². The molecule has 1 heterocycles. The fraction of sp³-hybridized carbons (Fsp3) is 0.375. The molecule has 2 aliphatic rings. The molecule has 3 aromatic rings. The Hall–Kier alpha value is -3.71. The van der Waals surface area contributed by atoms with E-state index in [1.54, 1.807) is 19.1 Å². The van der Waals surface area contributed by atoms with E-state index in [2.05, 4.69) is 64.8 Å². The number of nitrogens with zero attached hydrogens (tertiary/aromatic N) is 2. The molecule has 39 heavy (non-hydrogen) atoms. The van der Waals surface area contributed by atoms with E-state index in [9.17, 15) is 14.0 Å². The molecule has 5 rings (SSSR count). The van der Waals surface area contributed by atoms with Crippen molar-refractivity contribution >= 4 is 12.0 Å². The summed E-state index contributed by atoms with van der Waals surface area (Å²) in [6.07, 6.45) is 2.29. The molecule has 206 valence electrons. The SMILES string of the molecule is CC(=O)NC1(c2ccccc2)CCN(C[C@@H]2C[C@@H]2c2ccccc2)CC1.CN(Cc1ccc(F)cc1)C(=O)O. The Balaban J connectivity index is 0.000000229. The van der Waals surface area contributed by atoms with Crippen LogP contribution < -0.4 is 5.32 Å². The van der Waals surface area contributed by atoms with Crippen molar-refractivity contribution < 1.29 is 19.1 Å². The molecule has 1 saturated carbocycles. The molecule has 2 atom stereocenters. The van der Waals surface area contributed by atoms with Crippen LogP contribution in [0.25, 0.3) is 0 Å². The van der Waals surface area contributed by atoms with Gasteiger partial charge in [0.1, 0.15) is 5.82 Å². The molecule has 0 unspecified atom stereocenters. The number of rotatable bonds is 7. The lowest BCUT2D eigenvalue weighted by Crippen LogP contribution is -2.52. The van der Waals surface area contributed by atoms with Crippen LogP contribution in [0.15, 0.2) is 84.9 Å². The van der Waals surface area contributed by atoms with E-state index in [0.717, 1.165) is 48.2 Å². The van der Waals surface area contributed by atoms with Crippen LogP contribution in [0.5, 0.6) is 0 Å². The lowest BCUT2D eigenvalue weighted by Gasteiger charge is -2.43. The maximum absolute atomic E-state index is 12.5. The third kappa shape index (κ3) is 7.90.